The monoisotopic (exact) mass is 418 g/mol. The normalized spacial score (nSPS) is 14.4. The highest BCUT2D eigenvalue weighted by atomic mass is 35.5. The molecule has 3 aromatic rings. The van der Waals surface area contributed by atoms with Gasteiger partial charge in [-0.1, -0.05) is 11.6 Å². The lowest BCUT2D eigenvalue weighted by molar-refractivity contribution is 0.197. The third-order valence-electron chi connectivity index (χ3n) is 4.96. The Balaban J connectivity index is 1.86. The van der Waals surface area contributed by atoms with Crippen LogP contribution in [-0.2, 0) is 17.7 Å². The number of hydrogen-bond donors (Lipinski definition) is 1. The van der Waals surface area contributed by atoms with Crippen LogP contribution in [-0.4, -0.2) is 48.3 Å². The maximum atomic E-state index is 13.6. The Morgan fingerprint density at radius 1 is 1.32 bits per heavy atom. The van der Waals surface area contributed by atoms with Crippen LogP contribution in [0.25, 0.3) is 15.9 Å². The van der Waals surface area contributed by atoms with E-state index in [1.54, 1.807) is 35.1 Å². The summed E-state index contributed by atoms with van der Waals surface area (Å²) in [6.45, 7) is 3.15. The van der Waals surface area contributed by atoms with Crippen LogP contribution in [0.2, 0.25) is 5.02 Å². The Labute approximate surface area is 172 Å². The summed E-state index contributed by atoms with van der Waals surface area (Å²) in [4.78, 5) is 22.7. The van der Waals surface area contributed by atoms with Crippen molar-refractivity contribution in [3.05, 3.63) is 50.1 Å². The van der Waals surface area contributed by atoms with Gasteiger partial charge in [0.1, 0.15) is 4.83 Å². The van der Waals surface area contributed by atoms with E-state index in [0.29, 0.717) is 24.1 Å². The average molecular weight is 419 g/mol. The Morgan fingerprint density at radius 3 is 2.86 bits per heavy atom. The van der Waals surface area contributed by atoms with E-state index in [1.165, 1.54) is 4.88 Å². The number of likely N-dealkylation sites (N-methyl/N-ethyl adjacent to an activating group) is 1. The van der Waals surface area contributed by atoms with Gasteiger partial charge in [0.2, 0.25) is 5.95 Å². The second-order valence-corrected chi connectivity index (χ2v) is 8.52. The maximum absolute atomic E-state index is 13.6. The molecule has 1 N–H and O–H groups in total. The molecule has 0 saturated heterocycles. The second-order valence-electron chi connectivity index (χ2n) is 7.00. The lowest BCUT2D eigenvalue weighted by atomic mass is 10.1. The summed E-state index contributed by atoms with van der Waals surface area (Å²) in [5.74, 6) is 0.558. The number of methoxy groups -OCH3 is 1. The van der Waals surface area contributed by atoms with Gasteiger partial charge in [-0.25, -0.2) is 9.55 Å². The zero-order chi connectivity index (χ0) is 19.7. The van der Waals surface area contributed by atoms with Gasteiger partial charge in [-0.05, 0) is 49.7 Å². The minimum atomic E-state index is -0.0244. The van der Waals surface area contributed by atoms with Crippen molar-refractivity contribution in [2.75, 3.05) is 39.2 Å². The molecule has 0 atom stereocenters. The predicted octanol–water partition coefficient (Wildman–Crippen LogP) is 3.54. The van der Waals surface area contributed by atoms with Crippen LogP contribution in [0, 0.1) is 0 Å². The number of anilines is 1. The van der Waals surface area contributed by atoms with Gasteiger partial charge in [0.05, 0.1) is 11.1 Å². The smallest absolute Gasteiger partial charge is 0.268 e. The van der Waals surface area contributed by atoms with Crippen LogP contribution in [0.3, 0.4) is 0 Å². The van der Waals surface area contributed by atoms with E-state index in [9.17, 15) is 4.79 Å². The minimum absolute atomic E-state index is 0.0244. The van der Waals surface area contributed by atoms with Crippen LogP contribution < -0.4 is 10.9 Å². The Kier molecular flexibility index (Phi) is 5.68. The quantitative estimate of drug-likeness (QED) is 0.620. The minimum Gasteiger partial charge on any atom is -0.385 e. The molecule has 1 aromatic carbocycles. The molecule has 0 bridgehead atoms. The number of aromatic nitrogens is 2. The van der Waals surface area contributed by atoms with Crippen molar-refractivity contribution < 1.29 is 4.74 Å². The predicted molar refractivity (Wildman–Crippen MR) is 115 cm³/mol. The van der Waals surface area contributed by atoms with Gasteiger partial charge in [-0.15, -0.1) is 11.3 Å². The van der Waals surface area contributed by atoms with Gasteiger partial charge in [-0.3, -0.25) is 4.79 Å². The first-order chi connectivity index (χ1) is 13.6. The molecule has 148 valence electrons. The lowest BCUT2D eigenvalue weighted by Gasteiger charge is -2.21. The van der Waals surface area contributed by atoms with Crippen LogP contribution in [0.15, 0.2) is 29.1 Å². The van der Waals surface area contributed by atoms with Crippen molar-refractivity contribution in [1.82, 2.24) is 14.5 Å². The topological polar surface area (TPSA) is 59.4 Å². The van der Waals surface area contributed by atoms with Gasteiger partial charge in [0.25, 0.3) is 5.56 Å². The standard InChI is InChI=1S/C20H23ClN4O2S/c1-24-10-8-15-16(12-24)28-18-17(15)19(26)25(14-6-4-13(21)5-7-14)20(23-18)22-9-3-11-27-2/h4-7H,3,8-12H2,1-2H3,(H,22,23). The van der Waals surface area contributed by atoms with E-state index in [0.717, 1.165) is 47.4 Å². The molecule has 4 rings (SSSR count). The van der Waals surface area contributed by atoms with Crippen LogP contribution in [0.1, 0.15) is 16.9 Å². The molecule has 0 spiro atoms. The summed E-state index contributed by atoms with van der Waals surface area (Å²) < 4.78 is 6.78. The number of thiophene rings is 1. The van der Waals surface area contributed by atoms with Gasteiger partial charge in [0, 0.05) is 43.3 Å². The van der Waals surface area contributed by atoms with E-state index in [-0.39, 0.29) is 5.56 Å². The average Bonchev–Trinajstić information content (AvgIpc) is 3.04. The van der Waals surface area contributed by atoms with Crippen LogP contribution in [0.4, 0.5) is 5.95 Å². The highest BCUT2D eigenvalue weighted by molar-refractivity contribution is 7.18. The number of ether oxygens (including phenoxy) is 1. The summed E-state index contributed by atoms with van der Waals surface area (Å²) in [6, 6.07) is 7.29. The summed E-state index contributed by atoms with van der Waals surface area (Å²) in [5, 5.41) is 4.71. The lowest BCUT2D eigenvalue weighted by Crippen LogP contribution is -2.27. The molecule has 2 aromatic heterocycles. The van der Waals surface area contributed by atoms with Crippen molar-refractivity contribution in [3.63, 3.8) is 0 Å². The highest BCUT2D eigenvalue weighted by Gasteiger charge is 2.24. The van der Waals surface area contributed by atoms with Gasteiger partial charge in [0.15, 0.2) is 0 Å². The van der Waals surface area contributed by atoms with E-state index >= 15 is 0 Å². The molecule has 0 amide bonds. The van der Waals surface area contributed by atoms with E-state index in [4.69, 9.17) is 21.3 Å². The first kappa shape index (κ1) is 19.4. The second kappa shape index (κ2) is 8.21. The molecule has 28 heavy (non-hydrogen) atoms. The summed E-state index contributed by atoms with van der Waals surface area (Å²) in [6.07, 6.45) is 1.71. The van der Waals surface area contributed by atoms with Crippen molar-refractivity contribution in [2.45, 2.75) is 19.4 Å². The van der Waals surface area contributed by atoms with Gasteiger partial charge >= 0.3 is 0 Å². The van der Waals surface area contributed by atoms with Gasteiger partial charge in [-0.2, -0.15) is 0 Å². The maximum Gasteiger partial charge on any atom is 0.268 e. The summed E-state index contributed by atoms with van der Waals surface area (Å²) in [5.41, 5.74) is 1.89. The van der Waals surface area contributed by atoms with Crippen molar-refractivity contribution in [3.8, 4) is 5.69 Å². The third-order valence-corrected chi connectivity index (χ3v) is 6.32. The van der Waals surface area contributed by atoms with Crippen molar-refractivity contribution in [2.24, 2.45) is 0 Å². The van der Waals surface area contributed by atoms with Gasteiger partial charge < -0.3 is 15.0 Å². The number of nitrogens with zero attached hydrogens (tertiary/aromatic N) is 3. The van der Waals surface area contributed by atoms with Crippen molar-refractivity contribution in [1.29, 1.82) is 0 Å². The number of halogens is 1. The van der Waals surface area contributed by atoms with E-state index < -0.39 is 0 Å². The molecule has 0 aliphatic carbocycles. The SMILES string of the molecule is COCCCNc1nc2sc3c(c2c(=O)n1-c1ccc(Cl)cc1)CCN(C)C3. The number of nitrogens with one attached hydrogen (secondary N) is 1. The number of fused-ring (bicyclic) bond motifs is 3. The zero-order valence-corrected chi connectivity index (χ0v) is 17.6. The summed E-state index contributed by atoms with van der Waals surface area (Å²) >= 11 is 7.68. The molecule has 0 unspecified atom stereocenters. The molecular formula is C20H23ClN4O2S. The summed E-state index contributed by atoms with van der Waals surface area (Å²) in [7, 11) is 3.79. The highest BCUT2D eigenvalue weighted by Crippen LogP contribution is 2.33. The first-order valence-corrected chi connectivity index (χ1v) is 10.5. The van der Waals surface area contributed by atoms with Crippen LogP contribution >= 0.6 is 22.9 Å². The number of hydrogen-bond acceptors (Lipinski definition) is 6. The largest absolute Gasteiger partial charge is 0.385 e. The fourth-order valence-electron chi connectivity index (χ4n) is 3.54. The molecule has 3 heterocycles. The molecule has 0 fully saturated rings. The first-order valence-electron chi connectivity index (χ1n) is 9.33. The number of benzene rings is 1. The molecule has 1 aliphatic heterocycles. The molecule has 8 heteroatoms. The fourth-order valence-corrected chi connectivity index (χ4v) is 4.95. The Hall–Kier alpha value is -1.93. The molecule has 0 radical (unpaired) electrons. The molecule has 1 aliphatic rings. The van der Waals surface area contributed by atoms with Crippen molar-refractivity contribution >= 4 is 39.1 Å². The molecular weight excluding hydrogens is 396 g/mol. The van der Waals surface area contributed by atoms with E-state index in [1.807, 2.05) is 12.1 Å². The Bertz CT molecular complexity index is 1050. The van der Waals surface area contributed by atoms with Crippen LogP contribution in [0.5, 0.6) is 0 Å². The number of rotatable bonds is 6. The molecule has 0 saturated carbocycles. The zero-order valence-electron chi connectivity index (χ0n) is 16.0. The Morgan fingerprint density at radius 2 is 2.11 bits per heavy atom. The third kappa shape index (κ3) is 3.67. The fraction of sp³-hybridized carbons (Fsp3) is 0.400. The molecule has 6 nitrogen and oxygen atoms in total. The van der Waals surface area contributed by atoms with E-state index in [2.05, 4.69) is 17.3 Å².